The Morgan fingerprint density at radius 2 is 1.95 bits per heavy atom. The molecule has 10 heteroatoms. The summed E-state index contributed by atoms with van der Waals surface area (Å²) in [6.45, 7) is 4.22. The molecule has 2 aliphatic rings. The van der Waals surface area contributed by atoms with Gasteiger partial charge in [-0.1, -0.05) is 36.4 Å². The summed E-state index contributed by atoms with van der Waals surface area (Å²) < 4.78 is 23.2. The zero-order chi connectivity index (χ0) is 27.6. The minimum Gasteiger partial charge on any atom is -0.465 e. The van der Waals surface area contributed by atoms with Crippen LogP contribution in [0.25, 0.3) is 0 Å². The minimum atomic E-state index is -0.640. The highest BCUT2D eigenvalue weighted by atomic mass is 16.7. The van der Waals surface area contributed by atoms with E-state index in [1.165, 1.54) is 0 Å². The summed E-state index contributed by atoms with van der Waals surface area (Å²) in [5.41, 5.74) is 3.19. The molecule has 2 amide bonds. The van der Waals surface area contributed by atoms with Gasteiger partial charge in [0.05, 0.1) is 32.0 Å². The molecule has 0 aliphatic carbocycles. The third-order valence-corrected chi connectivity index (χ3v) is 7.03. The number of hydrogen-bond donors (Lipinski definition) is 3. The molecule has 0 bridgehead atoms. The van der Waals surface area contributed by atoms with Gasteiger partial charge in [0.15, 0.2) is 6.29 Å². The van der Waals surface area contributed by atoms with Crippen molar-refractivity contribution in [2.75, 3.05) is 45.3 Å². The number of nitrogens with one attached hydrogen (secondary N) is 2. The number of carbonyl (C=O) groups excluding carboxylic acids is 2. The number of nitrogens with zero attached hydrogens (tertiary/aromatic N) is 1. The summed E-state index contributed by atoms with van der Waals surface area (Å²) in [5.74, 6) is -0.500. The highest BCUT2D eigenvalue weighted by Gasteiger charge is 2.35. The molecular weight excluding hydrogens is 502 g/mol. The normalized spacial score (nSPS) is 23.4. The van der Waals surface area contributed by atoms with E-state index in [-0.39, 0.29) is 32.0 Å². The van der Waals surface area contributed by atoms with Gasteiger partial charge in [-0.25, -0.2) is 4.79 Å². The van der Waals surface area contributed by atoms with Crippen molar-refractivity contribution in [3.63, 3.8) is 0 Å². The summed E-state index contributed by atoms with van der Waals surface area (Å²) in [6.07, 6.45) is 2.03. The lowest BCUT2D eigenvalue weighted by Crippen LogP contribution is -2.42. The number of esters is 1. The first-order valence-corrected chi connectivity index (χ1v) is 13.5. The van der Waals surface area contributed by atoms with E-state index in [1.54, 1.807) is 20.1 Å². The van der Waals surface area contributed by atoms with Crippen molar-refractivity contribution in [2.45, 2.75) is 57.3 Å². The van der Waals surface area contributed by atoms with Gasteiger partial charge < -0.3 is 34.7 Å². The number of aliphatic hydroxyl groups excluding tert-OH is 1. The second-order valence-electron chi connectivity index (χ2n) is 9.83. The molecule has 4 rings (SSSR count). The molecule has 2 aromatic carbocycles. The van der Waals surface area contributed by atoms with Crippen molar-refractivity contribution >= 4 is 17.7 Å². The van der Waals surface area contributed by atoms with Crippen LogP contribution in [0, 0.1) is 0 Å². The first-order chi connectivity index (χ1) is 19.0. The second-order valence-corrected chi connectivity index (χ2v) is 9.83. The number of likely N-dealkylation sites (tertiary alicyclic amines) is 1. The fraction of sp³-hybridized carbons (Fsp3) is 0.517. The van der Waals surface area contributed by atoms with Crippen LogP contribution in [0.3, 0.4) is 0 Å². The monoisotopic (exact) mass is 541 g/mol. The first-order valence-electron chi connectivity index (χ1n) is 13.5. The van der Waals surface area contributed by atoms with Gasteiger partial charge in [0, 0.05) is 37.4 Å². The third kappa shape index (κ3) is 8.23. The van der Waals surface area contributed by atoms with E-state index in [4.69, 9.17) is 18.9 Å². The van der Waals surface area contributed by atoms with E-state index >= 15 is 0 Å². The molecule has 2 aromatic rings. The zero-order valence-corrected chi connectivity index (χ0v) is 22.6. The molecule has 2 fully saturated rings. The van der Waals surface area contributed by atoms with E-state index < -0.39 is 18.3 Å². The van der Waals surface area contributed by atoms with E-state index in [0.29, 0.717) is 24.8 Å². The topological polar surface area (TPSA) is 119 Å². The Morgan fingerprint density at radius 3 is 2.69 bits per heavy atom. The Labute approximate surface area is 229 Å². The van der Waals surface area contributed by atoms with Crippen LogP contribution in [-0.4, -0.2) is 74.1 Å². The predicted octanol–water partition coefficient (Wildman–Crippen LogP) is 3.52. The van der Waals surface area contributed by atoms with E-state index in [2.05, 4.69) is 15.5 Å². The molecule has 2 aliphatic heterocycles. The molecule has 212 valence electrons. The fourth-order valence-electron chi connectivity index (χ4n) is 5.11. The van der Waals surface area contributed by atoms with Crippen molar-refractivity contribution in [2.24, 2.45) is 0 Å². The largest absolute Gasteiger partial charge is 0.465 e. The summed E-state index contributed by atoms with van der Waals surface area (Å²) >= 11 is 0. The summed E-state index contributed by atoms with van der Waals surface area (Å²) in [5, 5.41) is 14.7. The maximum absolute atomic E-state index is 12.3. The highest BCUT2D eigenvalue weighted by Crippen LogP contribution is 2.39. The summed E-state index contributed by atoms with van der Waals surface area (Å²) in [6, 6.07) is 15.0. The lowest BCUT2D eigenvalue weighted by atomic mass is 9.99. The number of methoxy groups -OCH3 is 1. The number of anilines is 1. The van der Waals surface area contributed by atoms with Gasteiger partial charge in [-0.05, 0) is 49.6 Å². The smallest absolute Gasteiger partial charge is 0.325 e. The van der Waals surface area contributed by atoms with Crippen molar-refractivity contribution in [1.82, 2.24) is 10.2 Å². The quantitative estimate of drug-likeness (QED) is 0.370. The maximum atomic E-state index is 12.3. The van der Waals surface area contributed by atoms with Crippen LogP contribution < -0.4 is 10.6 Å². The maximum Gasteiger partial charge on any atom is 0.325 e. The van der Waals surface area contributed by atoms with E-state index in [1.807, 2.05) is 42.5 Å². The molecule has 0 saturated carbocycles. The molecule has 2 heterocycles. The summed E-state index contributed by atoms with van der Waals surface area (Å²) in [7, 11) is 1.74. The highest BCUT2D eigenvalue weighted by molar-refractivity contribution is 5.91. The Kier molecular flexibility index (Phi) is 10.7. The number of urea groups is 1. The average Bonchev–Trinajstić information content (AvgIpc) is 3.38. The lowest BCUT2D eigenvalue weighted by Gasteiger charge is -2.39. The van der Waals surface area contributed by atoms with Gasteiger partial charge in [-0.3, -0.25) is 9.69 Å². The second kappa shape index (κ2) is 14.4. The molecule has 2 saturated heterocycles. The molecule has 0 unspecified atom stereocenters. The molecule has 10 nitrogen and oxygen atoms in total. The van der Waals surface area contributed by atoms with Gasteiger partial charge in [0.25, 0.3) is 0 Å². The molecule has 0 aromatic heterocycles. The number of carbonyl (C=O) groups is 2. The Hall–Kier alpha value is -3.02. The van der Waals surface area contributed by atoms with Crippen LogP contribution in [0.5, 0.6) is 0 Å². The van der Waals surface area contributed by atoms with Crippen LogP contribution in [-0.2, 0) is 30.3 Å². The Morgan fingerprint density at radius 1 is 1.13 bits per heavy atom. The number of aliphatic hydroxyl groups is 1. The predicted molar refractivity (Wildman–Crippen MR) is 145 cm³/mol. The molecule has 4 atom stereocenters. The average molecular weight is 542 g/mol. The lowest BCUT2D eigenvalue weighted by molar-refractivity contribution is -0.253. The standard InChI is InChI=1S/C29H39N3O7/c1-3-37-27(34)16-30-29(35)31-23-7-4-6-22(14-23)28-38-25(17-32-13-5-8-24(32)19-36-2)15-26(39-28)21-11-9-20(18-33)10-12-21/h4,6-7,9-12,14,24-26,28,33H,3,5,8,13,15-19H2,1-2H3,(H2,30,31,35)/t24-,25-,26+,28+/m0/s1. The Bertz CT molecular complexity index is 1080. The van der Waals surface area contributed by atoms with Crippen LogP contribution in [0.1, 0.15) is 55.3 Å². The first kappa shape index (κ1) is 29.0. The van der Waals surface area contributed by atoms with Crippen LogP contribution >= 0.6 is 0 Å². The van der Waals surface area contributed by atoms with Crippen molar-refractivity contribution in [3.8, 4) is 0 Å². The number of amides is 2. The molecule has 0 spiro atoms. The van der Waals surface area contributed by atoms with Gasteiger partial charge in [-0.2, -0.15) is 0 Å². The third-order valence-electron chi connectivity index (χ3n) is 7.03. The van der Waals surface area contributed by atoms with Gasteiger partial charge in [0.1, 0.15) is 6.54 Å². The molecule has 0 radical (unpaired) electrons. The minimum absolute atomic E-state index is 0.0107. The van der Waals surface area contributed by atoms with Gasteiger partial charge in [-0.15, -0.1) is 0 Å². The van der Waals surface area contributed by atoms with Crippen LogP contribution in [0.15, 0.2) is 48.5 Å². The SMILES string of the molecule is CCOC(=O)CNC(=O)Nc1cccc([C@@H]2O[C@H](CN3CCC[C@H]3COC)C[C@H](c3ccc(CO)cc3)O2)c1. The van der Waals surface area contributed by atoms with Crippen LogP contribution in [0.2, 0.25) is 0 Å². The molecular formula is C29H39N3O7. The van der Waals surface area contributed by atoms with Crippen molar-refractivity contribution in [1.29, 1.82) is 0 Å². The van der Waals surface area contributed by atoms with E-state index in [9.17, 15) is 14.7 Å². The molecule has 3 N–H and O–H groups in total. The Balaban J connectivity index is 1.48. The van der Waals surface area contributed by atoms with Gasteiger partial charge >= 0.3 is 12.0 Å². The number of ether oxygens (including phenoxy) is 4. The van der Waals surface area contributed by atoms with Gasteiger partial charge in [0.2, 0.25) is 0 Å². The summed E-state index contributed by atoms with van der Waals surface area (Å²) in [4.78, 5) is 26.3. The number of hydrogen-bond acceptors (Lipinski definition) is 8. The van der Waals surface area contributed by atoms with E-state index in [0.717, 1.165) is 42.6 Å². The number of benzene rings is 2. The molecule has 39 heavy (non-hydrogen) atoms. The van der Waals surface area contributed by atoms with Crippen molar-refractivity contribution < 1.29 is 33.6 Å². The number of rotatable bonds is 11. The fourth-order valence-corrected chi connectivity index (χ4v) is 5.11. The van der Waals surface area contributed by atoms with Crippen molar-refractivity contribution in [3.05, 3.63) is 65.2 Å². The van der Waals surface area contributed by atoms with Crippen LogP contribution in [0.4, 0.5) is 10.5 Å². The zero-order valence-electron chi connectivity index (χ0n) is 22.6.